The molecule has 1 aromatic heterocycles. The van der Waals surface area contributed by atoms with Crippen molar-refractivity contribution in [2.45, 2.75) is 45.0 Å². The number of pyridine rings is 1. The smallest absolute Gasteiger partial charge is 0.142 e. The molecule has 0 radical (unpaired) electrons. The Morgan fingerprint density at radius 3 is 2.67 bits per heavy atom. The van der Waals surface area contributed by atoms with Crippen LogP contribution in [-0.4, -0.2) is 41.7 Å². The summed E-state index contributed by atoms with van der Waals surface area (Å²) in [5, 5.41) is 20.2. The van der Waals surface area contributed by atoms with Crippen molar-refractivity contribution in [3.63, 3.8) is 0 Å². The van der Waals surface area contributed by atoms with Gasteiger partial charge in [-0.1, -0.05) is 53.5 Å². The van der Waals surface area contributed by atoms with Crippen LogP contribution in [0.2, 0.25) is 10.0 Å². The summed E-state index contributed by atoms with van der Waals surface area (Å²) >= 11 is 13.6. The number of aromatic nitrogens is 1. The number of rotatable bonds is 10. The van der Waals surface area contributed by atoms with Crippen LogP contribution in [0.1, 0.15) is 53.2 Å². The van der Waals surface area contributed by atoms with Gasteiger partial charge in [-0.15, -0.1) is 0 Å². The third-order valence-corrected chi connectivity index (χ3v) is 9.22. The number of piperidine rings is 1. The van der Waals surface area contributed by atoms with Crippen molar-refractivity contribution in [3.8, 4) is 34.4 Å². The molecule has 4 aromatic rings. The van der Waals surface area contributed by atoms with Crippen molar-refractivity contribution in [2.24, 2.45) is 5.92 Å². The molecule has 1 fully saturated rings. The molecule has 0 bridgehead atoms. The van der Waals surface area contributed by atoms with Crippen molar-refractivity contribution in [1.29, 1.82) is 5.26 Å². The van der Waals surface area contributed by atoms with E-state index >= 15 is 0 Å². The van der Waals surface area contributed by atoms with Gasteiger partial charge in [-0.2, -0.15) is 5.26 Å². The second-order valence-electron chi connectivity index (χ2n) is 11.7. The lowest BCUT2D eigenvalue weighted by molar-refractivity contribution is 0.150. The van der Waals surface area contributed by atoms with Crippen LogP contribution >= 0.6 is 23.2 Å². The fraction of sp³-hybridized carbons (Fsp3) is 0.333. The molecule has 2 aliphatic rings. The summed E-state index contributed by atoms with van der Waals surface area (Å²) in [6.07, 6.45) is 6.88. The Labute approximate surface area is 273 Å². The molecule has 6 rings (SSSR count). The van der Waals surface area contributed by atoms with E-state index in [9.17, 15) is 10.4 Å². The standard InChI is InChI=1S/C36H35Cl2N3O4/c1-41-12-4-5-23(19-41)21-43-33-9-3-8-30(36(33)38)27-6-2-7-29-28(27)10-11-32(29)45-35-15-34(26(20-42)14-31(35)37)44-22-25-13-24(16-39)17-40-18-25/h2-3,6-9,13-15,17-18,23,32,42H,4-5,10-12,19-22H2,1H3/t23-,32+/m1/s1. The number of nitriles is 1. The van der Waals surface area contributed by atoms with E-state index in [0.717, 1.165) is 48.2 Å². The van der Waals surface area contributed by atoms with E-state index < -0.39 is 0 Å². The predicted octanol–water partition coefficient (Wildman–Crippen LogP) is 7.79. The summed E-state index contributed by atoms with van der Waals surface area (Å²) in [7, 11) is 2.16. The first kappa shape index (κ1) is 31.2. The molecule has 232 valence electrons. The fourth-order valence-corrected chi connectivity index (χ4v) is 6.82. The molecule has 7 nitrogen and oxygen atoms in total. The highest BCUT2D eigenvalue weighted by atomic mass is 35.5. The molecule has 9 heteroatoms. The molecule has 45 heavy (non-hydrogen) atoms. The molecular weight excluding hydrogens is 609 g/mol. The number of aliphatic hydroxyl groups excluding tert-OH is 1. The molecule has 3 aromatic carbocycles. The van der Waals surface area contributed by atoms with E-state index in [1.54, 1.807) is 24.4 Å². The Hall–Kier alpha value is -3.80. The Balaban J connectivity index is 1.20. The van der Waals surface area contributed by atoms with Crippen molar-refractivity contribution < 1.29 is 19.3 Å². The van der Waals surface area contributed by atoms with Crippen molar-refractivity contribution >= 4 is 23.2 Å². The maximum atomic E-state index is 9.96. The molecule has 2 atom stereocenters. The van der Waals surface area contributed by atoms with Gasteiger partial charge < -0.3 is 24.2 Å². The number of benzene rings is 3. The molecule has 2 heterocycles. The van der Waals surface area contributed by atoms with Crippen LogP contribution in [0, 0.1) is 17.2 Å². The highest BCUT2D eigenvalue weighted by Gasteiger charge is 2.29. The maximum absolute atomic E-state index is 9.96. The Morgan fingerprint density at radius 1 is 1.00 bits per heavy atom. The summed E-state index contributed by atoms with van der Waals surface area (Å²) in [6, 6.07) is 19.4. The third kappa shape index (κ3) is 7.05. The fourth-order valence-electron chi connectivity index (χ4n) is 6.30. The van der Waals surface area contributed by atoms with Crippen LogP contribution in [0.5, 0.6) is 17.2 Å². The van der Waals surface area contributed by atoms with Crippen LogP contribution in [0.3, 0.4) is 0 Å². The van der Waals surface area contributed by atoms with E-state index in [0.29, 0.717) is 50.9 Å². The zero-order valence-electron chi connectivity index (χ0n) is 25.1. The van der Waals surface area contributed by atoms with Gasteiger partial charge in [0.15, 0.2) is 0 Å². The highest BCUT2D eigenvalue weighted by Crippen LogP contribution is 2.45. The number of hydrogen-bond donors (Lipinski definition) is 1. The number of fused-ring (bicyclic) bond motifs is 1. The first-order valence-corrected chi connectivity index (χ1v) is 16.0. The van der Waals surface area contributed by atoms with Gasteiger partial charge in [-0.3, -0.25) is 4.98 Å². The number of aliphatic hydroxyl groups is 1. The molecule has 1 aliphatic carbocycles. The first-order valence-electron chi connectivity index (χ1n) is 15.2. The zero-order valence-corrected chi connectivity index (χ0v) is 26.7. The van der Waals surface area contributed by atoms with Crippen molar-refractivity contribution in [2.75, 3.05) is 26.7 Å². The van der Waals surface area contributed by atoms with Crippen LogP contribution in [0.4, 0.5) is 0 Å². The summed E-state index contributed by atoms with van der Waals surface area (Å²) in [5.41, 5.74) is 6.03. The van der Waals surface area contributed by atoms with Gasteiger partial charge in [0.1, 0.15) is 36.0 Å². The quantitative estimate of drug-likeness (QED) is 0.189. The van der Waals surface area contributed by atoms with Gasteiger partial charge in [-0.05, 0) is 74.2 Å². The minimum absolute atomic E-state index is 0.174. The number of likely N-dealkylation sites (tertiary alicyclic amines) is 1. The van der Waals surface area contributed by atoms with E-state index in [1.165, 1.54) is 24.6 Å². The minimum atomic E-state index is -0.247. The third-order valence-electron chi connectivity index (χ3n) is 8.54. The van der Waals surface area contributed by atoms with Gasteiger partial charge >= 0.3 is 0 Å². The largest absolute Gasteiger partial charge is 0.492 e. The summed E-state index contributed by atoms with van der Waals surface area (Å²) < 4.78 is 18.8. The topological polar surface area (TPSA) is 87.8 Å². The maximum Gasteiger partial charge on any atom is 0.142 e. The molecule has 1 aliphatic heterocycles. The molecule has 0 saturated carbocycles. The molecule has 1 N–H and O–H groups in total. The monoisotopic (exact) mass is 643 g/mol. The first-order chi connectivity index (χ1) is 21.9. The molecular formula is C36H35Cl2N3O4. The molecule has 0 spiro atoms. The lowest BCUT2D eigenvalue weighted by atomic mass is 9.96. The minimum Gasteiger partial charge on any atom is -0.492 e. The number of ether oxygens (including phenoxy) is 3. The average Bonchev–Trinajstić information content (AvgIpc) is 3.47. The zero-order chi connectivity index (χ0) is 31.3. The van der Waals surface area contributed by atoms with Gasteiger partial charge in [-0.25, -0.2) is 0 Å². The van der Waals surface area contributed by atoms with E-state index in [1.807, 2.05) is 24.3 Å². The Morgan fingerprint density at radius 2 is 1.84 bits per heavy atom. The van der Waals surface area contributed by atoms with Gasteiger partial charge in [0.05, 0.1) is 28.8 Å². The van der Waals surface area contributed by atoms with Gasteiger partial charge in [0, 0.05) is 47.6 Å². The van der Waals surface area contributed by atoms with E-state index in [4.69, 9.17) is 37.4 Å². The Kier molecular flexibility index (Phi) is 9.77. The number of hydrogen-bond acceptors (Lipinski definition) is 7. The van der Waals surface area contributed by atoms with Gasteiger partial charge in [0.2, 0.25) is 0 Å². The van der Waals surface area contributed by atoms with Crippen LogP contribution < -0.4 is 14.2 Å². The van der Waals surface area contributed by atoms with Crippen LogP contribution in [0.25, 0.3) is 11.1 Å². The Bertz CT molecular complexity index is 1720. The SMILES string of the molecule is CN1CCC[C@@H](COc2cccc(-c3cccc4c3CC[C@@H]4Oc3cc(OCc4cncc(C#N)c4)c(CO)cc3Cl)c2Cl)C1. The average molecular weight is 645 g/mol. The summed E-state index contributed by atoms with van der Waals surface area (Å²) in [6.45, 7) is 2.76. The normalized spacial score (nSPS) is 17.8. The van der Waals surface area contributed by atoms with Gasteiger partial charge in [0.25, 0.3) is 0 Å². The van der Waals surface area contributed by atoms with Crippen molar-refractivity contribution in [3.05, 3.63) is 105 Å². The lowest BCUT2D eigenvalue weighted by Gasteiger charge is -2.29. The van der Waals surface area contributed by atoms with E-state index in [2.05, 4.69) is 35.1 Å². The summed E-state index contributed by atoms with van der Waals surface area (Å²) in [5.74, 6) is 2.13. The number of halogens is 2. The molecule has 0 amide bonds. The molecule has 1 saturated heterocycles. The second kappa shape index (κ2) is 14.1. The molecule has 0 unspecified atom stereocenters. The van der Waals surface area contributed by atoms with Crippen LogP contribution in [-0.2, 0) is 19.6 Å². The second-order valence-corrected chi connectivity index (χ2v) is 12.5. The highest BCUT2D eigenvalue weighted by molar-refractivity contribution is 6.35. The number of nitrogens with zero attached hydrogens (tertiary/aromatic N) is 3. The van der Waals surface area contributed by atoms with E-state index in [-0.39, 0.29) is 19.3 Å². The van der Waals surface area contributed by atoms with Crippen molar-refractivity contribution in [1.82, 2.24) is 9.88 Å². The summed E-state index contributed by atoms with van der Waals surface area (Å²) in [4.78, 5) is 6.45. The van der Waals surface area contributed by atoms with Crippen LogP contribution in [0.15, 0.2) is 67.0 Å². The lowest BCUT2D eigenvalue weighted by Crippen LogP contribution is -2.34. The predicted molar refractivity (Wildman–Crippen MR) is 175 cm³/mol.